The molecule has 5 aliphatic rings. The fourth-order valence-electron chi connectivity index (χ4n) is 12.4. The summed E-state index contributed by atoms with van der Waals surface area (Å²) in [5, 5.41) is 22.1. The minimum absolute atomic E-state index is 0.0333. The van der Waals surface area contributed by atoms with E-state index < -0.39 is 11.9 Å². The van der Waals surface area contributed by atoms with Gasteiger partial charge in [-0.25, -0.2) is 4.79 Å². The number of carbonyl (C=O) groups is 2. The molecule has 0 aliphatic heterocycles. The van der Waals surface area contributed by atoms with E-state index in [1.807, 2.05) is 12.1 Å². The summed E-state index contributed by atoms with van der Waals surface area (Å²) in [6, 6.07) is 7.56. The number of carboxylic acids is 2. The Morgan fingerprint density at radius 2 is 1.57 bits per heavy atom. The van der Waals surface area contributed by atoms with Crippen molar-refractivity contribution in [3.8, 4) is 0 Å². The Hall–Kier alpha value is -2.14. The molecule has 5 heteroatoms. The van der Waals surface area contributed by atoms with Crippen molar-refractivity contribution in [2.75, 3.05) is 13.1 Å². The fourth-order valence-corrected chi connectivity index (χ4v) is 12.4. The molecule has 6 rings (SSSR count). The Kier molecular flexibility index (Phi) is 7.27. The maximum atomic E-state index is 11.5. The van der Waals surface area contributed by atoms with Crippen molar-refractivity contribution in [1.29, 1.82) is 0 Å². The van der Waals surface area contributed by atoms with Crippen LogP contribution in [0.3, 0.4) is 0 Å². The molecule has 5 nitrogen and oxygen atoms in total. The largest absolute Gasteiger partial charge is 0.481 e. The normalized spacial score (nSPS) is 42.0. The van der Waals surface area contributed by atoms with Gasteiger partial charge in [0.25, 0.3) is 0 Å². The van der Waals surface area contributed by atoms with Crippen LogP contribution in [0.2, 0.25) is 0 Å². The van der Waals surface area contributed by atoms with Crippen LogP contribution in [0.5, 0.6) is 0 Å². The molecule has 4 saturated carbocycles. The summed E-state index contributed by atoms with van der Waals surface area (Å²) in [4.78, 5) is 22.6. The van der Waals surface area contributed by atoms with Gasteiger partial charge in [0.15, 0.2) is 0 Å². The molecule has 42 heavy (non-hydrogen) atoms. The molecule has 1 aromatic carbocycles. The first-order valence-electron chi connectivity index (χ1n) is 16.8. The third-order valence-electron chi connectivity index (χ3n) is 14.6. The van der Waals surface area contributed by atoms with E-state index in [9.17, 15) is 14.7 Å². The molecule has 0 heterocycles. The smallest absolute Gasteiger partial charge is 0.335 e. The Balaban J connectivity index is 1.27. The molecule has 8 atom stereocenters. The van der Waals surface area contributed by atoms with E-state index >= 15 is 0 Å². The molecule has 4 fully saturated rings. The standard InChI is InChI=1S/C37H53NO4/c1-33(2)26(24-8-10-25(11-9-24)32(41)42)14-18-34(3)29(33)15-19-36(5)30(34)13-12-27-28-7-6-17-37(28,21-20-35(27,36)4)23-38-22-16-31(39)40/h8-11,14,27-30,38H,6-7,12-13,15-23H2,1-5H3,(H,39,40)(H,41,42)/t27-,28?,29?,30?,34+,35-,36-,37-/m1/s1. The lowest BCUT2D eigenvalue weighted by molar-refractivity contribution is -0.222. The first-order chi connectivity index (χ1) is 19.8. The van der Waals surface area contributed by atoms with E-state index in [-0.39, 0.29) is 17.3 Å². The van der Waals surface area contributed by atoms with Gasteiger partial charge in [0.05, 0.1) is 12.0 Å². The molecule has 0 saturated heterocycles. The minimum Gasteiger partial charge on any atom is -0.481 e. The quantitative estimate of drug-likeness (QED) is 0.285. The number of hydrogen-bond acceptors (Lipinski definition) is 3. The zero-order chi connectivity index (χ0) is 30.1. The zero-order valence-electron chi connectivity index (χ0n) is 26.6. The third kappa shape index (κ3) is 4.26. The van der Waals surface area contributed by atoms with E-state index in [0.717, 1.165) is 24.8 Å². The Labute approximate surface area is 252 Å². The predicted molar refractivity (Wildman–Crippen MR) is 167 cm³/mol. The van der Waals surface area contributed by atoms with Crippen LogP contribution >= 0.6 is 0 Å². The van der Waals surface area contributed by atoms with Crippen LogP contribution in [0.1, 0.15) is 121 Å². The lowest BCUT2D eigenvalue weighted by atomic mass is 9.32. The summed E-state index contributed by atoms with van der Waals surface area (Å²) in [5.74, 6) is 1.27. The average Bonchev–Trinajstić information content (AvgIpc) is 3.35. The Bertz CT molecular complexity index is 1270. The van der Waals surface area contributed by atoms with Gasteiger partial charge in [-0.05, 0) is 132 Å². The number of carboxylic acid groups (broad SMARTS) is 2. The summed E-state index contributed by atoms with van der Waals surface area (Å²) in [7, 11) is 0. The number of benzene rings is 1. The van der Waals surface area contributed by atoms with E-state index in [4.69, 9.17) is 5.11 Å². The van der Waals surface area contributed by atoms with Gasteiger partial charge in [0.1, 0.15) is 0 Å². The second-order valence-electron chi connectivity index (χ2n) is 16.3. The monoisotopic (exact) mass is 575 g/mol. The fraction of sp³-hybridized carbons (Fsp3) is 0.730. The number of rotatable bonds is 7. The first kappa shape index (κ1) is 29.9. The van der Waals surface area contributed by atoms with Gasteiger partial charge in [-0.3, -0.25) is 4.79 Å². The summed E-state index contributed by atoms with van der Waals surface area (Å²) >= 11 is 0. The van der Waals surface area contributed by atoms with Gasteiger partial charge in [-0.2, -0.15) is 0 Å². The molecule has 0 radical (unpaired) electrons. The zero-order valence-corrected chi connectivity index (χ0v) is 26.6. The lowest BCUT2D eigenvalue weighted by Gasteiger charge is -2.72. The van der Waals surface area contributed by atoms with Gasteiger partial charge in [0.2, 0.25) is 0 Å². The van der Waals surface area contributed by atoms with E-state index in [0.29, 0.717) is 40.2 Å². The molecule has 0 amide bonds. The van der Waals surface area contributed by atoms with Crippen LogP contribution in [-0.2, 0) is 4.79 Å². The van der Waals surface area contributed by atoms with Crippen molar-refractivity contribution >= 4 is 17.5 Å². The van der Waals surface area contributed by atoms with Gasteiger partial charge in [-0.1, -0.05) is 59.2 Å². The van der Waals surface area contributed by atoms with Crippen LogP contribution in [0.4, 0.5) is 0 Å². The number of nitrogens with one attached hydrogen (secondary N) is 1. The molecule has 0 bridgehead atoms. The molecule has 0 spiro atoms. The van der Waals surface area contributed by atoms with Crippen molar-refractivity contribution in [2.45, 2.75) is 105 Å². The van der Waals surface area contributed by atoms with Crippen molar-refractivity contribution < 1.29 is 19.8 Å². The van der Waals surface area contributed by atoms with Gasteiger partial charge < -0.3 is 15.5 Å². The van der Waals surface area contributed by atoms with Gasteiger partial charge in [0, 0.05) is 13.1 Å². The third-order valence-corrected chi connectivity index (χ3v) is 14.6. The maximum absolute atomic E-state index is 11.5. The summed E-state index contributed by atoms with van der Waals surface area (Å²) in [5.41, 5.74) is 4.26. The highest BCUT2D eigenvalue weighted by molar-refractivity contribution is 5.88. The number of allylic oxidation sites excluding steroid dienone is 2. The van der Waals surface area contributed by atoms with Crippen molar-refractivity contribution in [3.63, 3.8) is 0 Å². The highest BCUT2D eigenvalue weighted by Crippen LogP contribution is 2.77. The molecule has 3 unspecified atom stereocenters. The average molecular weight is 576 g/mol. The minimum atomic E-state index is -0.867. The predicted octanol–water partition coefficient (Wildman–Crippen LogP) is 8.30. The number of hydrogen-bond donors (Lipinski definition) is 3. The number of fused-ring (bicyclic) bond motifs is 7. The Morgan fingerprint density at radius 3 is 2.26 bits per heavy atom. The summed E-state index contributed by atoms with van der Waals surface area (Å²) in [6.45, 7) is 14.5. The van der Waals surface area contributed by atoms with Crippen molar-refractivity contribution in [1.82, 2.24) is 5.32 Å². The molecule has 5 aliphatic carbocycles. The number of aromatic carboxylic acids is 1. The van der Waals surface area contributed by atoms with E-state index in [2.05, 4.69) is 46.0 Å². The van der Waals surface area contributed by atoms with Gasteiger partial charge >= 0.3 is 11.9 Å². The first-order valence-corrected chi connectivity index (χ1v) is 16.8. The second kappa shape index (κ2) is 10.2. The second-order valence-corrected chi connectivity index (χ2v) is 16.3. The Morgan fingerprint density at radius 1 is 0.833 bits per heavy atom. The molecule has 3 N–H and O–H groups in total. The highest BCUT2D eigenvalue weighted by atomic mass is 16.4. The molecule has 230 valence electrons. The van der Waals surface area contributed by atoms with Crippen LogP contribution in [-0.4, -0.2) is 35.2 Å². The van der Waals surface area contributed by atoms with Crippen LogP contribution in [0.15, 0.2) is 30.3 Å². The molecular formula is C37H53NO4. The molecule has 0 aromatic heterocycles. The topological polar surface area (TPSA) is 86.6 Å². The SMILES string of the molecule is CC1(C)C(c2ccc(C(=O)O)cc2)=CC[C@@]2(C)C1CC[C@]1(C)C2CC[C@@H]2C3CCC[C@]3(CNCCC(=O)O)CC[C@]21C. The van der Waals surface area contributed by atoms with Crippen LogP contribution in [0, 0.1) is 50.7 Å². The van der Waals surface area contributed by atoms with Gasteiger partial charge in [-0.15, -0.1) is 0 Å². The van der Waals surface area contributed by atoms with Crippen LogP contribution < -0.4 is 5.32 Å². The van der Waals surface area contributed by atoms with E-state index in [1.54, 1.807) is 12.1 Å². The van der Waals surface area contributed by atoms with E-state index in [1.165, 1.54) is 68.9 Å². The highest BCUT2D eigenvalue weighted by Gasteiger charge is 2.69. The molecular weight excluding hydrogens is 522 g/mol. The lowest BCUT2D eigenvalue weighted by Crippen LogP contribution is -2.65. The molecule has 1 aromatic rings. The summed E-state index contributed by atoms with van der Waals surface area (Å²) < 4.78 is 0. The maximum Gasteiger partial charge on any atom is 0.335 e. The number of aliphatic carboxylic acids is 1. The van der Waals surface area contributed by atoms with Crippen LogP contribution in [0.25, 0.3) is 5.57 Å². The van der Waals surface area contributed by atoms with Crippen molar-refractivity contribution in [3.05, 3.63) is 41.5 Å². The summed E-state index contributed by atoms with van der Waals surface area (Å²) in [6.07, 6.45) is 15.7. The van der Waals surface area contributed by atoms with Crippen molar-refractivity contribution in [2.24, 2.45) is 50.7 Å².